The maximum atomic E-state index is 4.18. The average Bonchev–Trinajstić information content (AvgIpc) is 2.67. The molecule has 0 unspecified atom stereocenters. The second kappa shape index (κ2) is 3.50. The van der Waals surface area contributed by atoms with Crippen LogP contribution in [0.25, 0.3) is 5.69 Å². The lowest BCUT2D eigenvalue weighted by molar-refractivity contribution is 0.566. The number of hydrogen-bond donors (Lipinski definition) is 0. The van der Waals surface area contributed by atoms with E-state index in [1.807, 2.05) is 36.5 Å². The highest BCUT2D eigenvalue weighted by Crippen LogP contribution is 2.19. The van der Waals surface area contributed by atoms with Crippen molar-refractivity contribution in [3.63, 3.8) is 0 Å². The number of rotatable bonds is 1. The predicted octanol–water partition coefficient (Wildman–Crippen LogP) is 2.56. The number of para-hydroxylation sites is 1. The Kier molecular flexibility index (Phi) is 2.31. The van der Waals surface area contributed by atoms with Crippen LogP contribution >= 0.6 is 0 Å². The van der Waals surface area contributed by atoms with E-state index in [0.717, 1.165) is 11.4 Å². The fourth-order valence-corrected chi connectivity index (χ4v) is 1.31. The minimum absolute atomic E-state index is 0.0486. The van der Waals surface area contributed by atoms with Crippen LogP contribution in [-0.2, 0) is 5.41 Å². The molecule has 15 heavy (non-hydrogen) atoms. The third kappa shape index (κ3) is 2.06. The van der Waals surface area contributed by atoms with E-state index in [-0.39, 0.29) is 5.41 Å². The zero-order valence-corrected chi connectivity index (χ0v) is 9.31. The monoisotopic (exact) mass is 201 g/mol. The van der Waals surface area contributed by atoms with E-state index < -0.39 is 0 Å². The fourth-order valence-electron chi connectivity index (χ4n) is 1.31. The molecule has 0 bridgehead atoms. The highest BCUT2D eigenvalue weighted by atomic mass is 15.4. The Morgan fingerprint density at radius 3 is 2.27 bits per heavy atom. The van der Waals surface area contributed by atoms with Gasteiger partial charge in [-0.05, 0) is 12.1 Å². The van der Waals surface area contributed by atoms with Crippen LogP contribution in [0.15, 0.2) is 36.5 Å². The summed E-state index contributed by atoms with van der Waals surface area (Å²) in [5, 5.41) is 8.30. The van der Waals surface area contributed by atoms with Crippen LogP contribution < -0.4 is 0 Å². The molecule has 3 heteroatoms. The minimum atomic E-state index is 0.0486. The van der Waals surface area contributed by atoms with Crippen LogP contribution in [0.1, 0.15) is 26.5 Å². The molecule has 0 amide bonds. The molecule has 0 atom stereocenters. The summed E-state index contributed by atoms with van der Waals surface area (Å²) in [5.41, 5.74) is 2.10. The second-order valence-electron chi connectivity index (χ2n) is 4.63. The first-order chi connectivity index (χ1) is 7.07. The van der Waals surface area contributed by atoms with Gasteiger partial charge in [0.05, 0.1) is 17.6 Å². The van der Waals surface area contributed by atoms with Gasteiger partial charge in [0, 0.05) is 5.41 Å². The first-order valence-corrected chi connectivity index (χ1v) is 5.05. The van der Waals surface area contributed by atoms with Gasteiger partial charge in [-0.15, -0.1) is 5.10 Å². The van der Waals surface area contributed by atoms with Crippen molar-refractivity contribution in [1.29, 1.82) is 0 Å². The van der Waals surface area contributed by atoms with Crippen molar-refractivity contribution in [2.45, 2.75) is 26.2 Å². The Balaban J connectivity index is 2.37. The van der Waals surface area contributed by atoms with Gasteiger partial charge in [-0.3, -0.25) is 0 Å². The van der Waals surface area contributed by atoms with Crippen molar-refractivity contribution in [3.8, 4) is 5.69 Å². The first kappa shape index (κ1) is 9.90. The number of benzene rings is 1. The third-order valence-electron chi connectivity index (χ3n) is 2.28. The SMILES string of the molecule is CC(C)(C)c1cn(-c2ccccc2)nn1. The highest BCUT2D eigenvalue weighted by Gasteiger charge is 2.17. The molecule has 0 aliphatic carbocycles. The molecule has 78 valence electrons. The van der Waals surface area contributed by atoms with Gasteiger partial charge in [-0.25, -0.2) is 4.68 Å². The minimum Gasteiger partial charge on any atom is -0.220 e. The van der Waals surface area contributed by atoms with E-state index in [0.29, 0.717) is 0 Å². The normalized spacial score (nSPS) is 11.7. The van der Waals surface area contributed by atoms with E-state index in [4.69, 9.17) is 0 Å². The molecule has 1 heterocycles. The zero-order chi connectivity index (χ0) is 10.9. The largest absolute Gasteiger partial charge is 0.220 e. The van der Waals surface area contributed by atoms with Crippen molar-refractivity contribution in [1.82, 2.24) is 15.0 Å². The van der Waals surface area contributed by atoms with Gasteiger partial charge in [0.2, 0.25) is 0 Å². The van der Waals surface area contributed by atoms with Gasteiger partial charge in [-0.1, -0.05) is 44.2 Å². The Morgan fingerprint density at radius 1 is 1.07 bits per heavy atom. The number of nitrogens with zero attached hydrogens (tertiary/aromatic N) is 3. The van der Waals surface area contributed by atoms with Crippen LogP contribution in [0.4, 0.5) is 0 Å². The van der Waals surface area contributed by atoms with Gasteiger partial charge in [-0.2, -0.15) is 0 Å². The van der Waals surface area contributed by atoms with Gasteiger partial charge >= 0.3 is 0 Å². The molecular weight excluding hydrogens is 186 g/mol. The summed E-state index contributed by atoms with van der Waals surface area (Å²) in [6.45, 7) is 6.39. The van der Waals surface area contributed by atoms with E-state index in [1.54, 1.807) is 4.68 Å². The van der Waals surface area contributed by atoms with Crippen LogP contribution in [0.3, 0.4) is 0 Å². The summed E-state index contributed by atoms with van der Waals surface area (Å²) in [6.07, 6.45) is 1.98. The molecule has 0 saturated carbocycles. The van der Waals surface area contributed by atoms with Crippen molar-refractivity contribution >= 4 is 0 Å². The Bertz CT molecular complexity index is 437. The molecule has 1 aromatic carbocycles. The van der Waals surface area contributed by atoms with E-state index in [9.17, 15) is 0 Å². The molecule has 0 N–H and O–H groups in total. The number of hydrogen-bond acceptors (Lipinski definition) is 2. The first-order valence-electron chi connectivity index (χ1n) is 5.05. The molecule has 0 radical (unpaired) electrons. The van der Waals surface area contributed by atoms with Gasteiger partial charge in [0.1, 0.15) is 0 Å². The van der Waals surface area contributed by atoms with E-state index in [1.165, 1.54) is 0 Å². The molecule has 0 saturated heterocycles. The molecule has 2 aromatic rings. The highest BCUT2D eigenvalue weighted by molar-refractivity contribution is 5.30. The maximum Gasteiger partial charge on any atom is 0.0885 e. The lowest BCUT2D eigenvalue weighted by atomic mass is 9.93. The standard InChI is InChI=1S/C12H15N3/c1-12(2,3)11-9-15(14-13-11)10-7-5-4-6-8-10/h4-9H,1-3H3. The molecule has 3 nitrogen and oxygen atoms in total. The second-order valence-corrected chi connectivity index (χ2v) is 4.63. The lowest BCUT2D eigenvalue weighted by Crippen LogP contribution is -2.11. The summed E-state index contributed by atoms with van der Waals surface area (Å²) in [4.78, 5) is 0. The lowest BCUT2D eigenvalue weighted by Gasteiger charge is -2.12. The van der Waals surface area contributed by atoms with Crippen molar-refractivity contribution in [2.24, 2.45) is 0 Å². The zero-order valence-electron chi connectivity index (χ0n) is 9.31. The summed E-state index contributed by atoms with van der Waals surface area (Å²) in [5.74, 6) is 0. The maximum absolute atomic E-state index is 4.18. The molecule has 2 rings (SSSR count). The predicted molar refractivity (Wildman–Crippen MR) is 60.1 cm³/mol. The molecule has 0 spiro atoms. The van der Waals surface area contributed by atoms with Crippen LogP contribution in [0.5, 0.6) is 0 Å². The molecular formula is C12H15N3. The topological polar surface area (TPSA) is 30.7 Å². The van der Waals surface area contributed by atoms with E-state index in [2.05, 4.69) is 31.1 Å². The number of aromatic nitrogens is 3. The van der Waals surface area contributed by atoms with Crippen molar-refractivity contribution in [2.75, 3.05) is 0 Å². The Morgan fingerprint density at radius 2 is 1.73 bits per heavy atom. The van der Waals surface area contributed by atoms with Gasteiger partial charge < -0.3 is 0 Å². The van der Waals surface area contributed by atoms with Crippen LogP contribution in [0, 0.1) is 0 Å². The molecule has 1 aromatic heterocycles. The summed E-state index contributed by atoms with van der Waals surface area (Å²) in [7, 11) is 0. The van der Waals surface area contributed by atoms with Crippen molar-refractivity contribution < 1.29 is 0 Å². The summed E-state index contributed by atoms with van der Waals surface area (Å²) >= 11 is 0. The van der Waals surface area contributed by atoms with Gasteiger partial charge in [0.15, 0.2) is 0 Å². The van der Waals surface area contributed by atoms with Crippen LogP contribution in [0.2, 0.25) is 0 Å². The average molecular weight is 201 g/mol. The Labute approximate surface area is 89.7 Å². The molecule has 0 fully saturated rings. The smallest absolute Gasteiger partial charge is 0.0885 e. The summed E-state index contributed by atoms with van der Waals surface area (Å²) in [6, 6.07) is 10.0. The fraction of sp³-hybridized carbons (Fsp3) is 0.333. The molecule has 0 aliphatic rings. The Hall–Kier alpha value is -1.64. The quantitative estimate of drug-likeness (QED) is 0.710. The van der Waals surface area contributed by atoms with Crippen molar-refractivity contribution in [3.05, 3.63) is 42.2 Å². The van der Waals surface area contributed by atoms with Gasteiger partial charge in [0.25, 0.3) is 0 Å². The summed E-state index contributed by atoms with van der Waals surface area (Å²) < 4.78 is 1.81. The molecule has 0 aliphatic heterocycles. The van der Waals surface area contributed by atoms with E-state index >= 15 is 0 Å². The third-order valence-corrected chi connectivity index (χ3v) is 2.28. The van der Waals surface area contributed by atoms with Crippen LogP contribution in [-0.4, -0.2) is 15.0 Å².